The normalized spacial score (nSPS) is 45.9. The Morgan fingerprint density at radius 3 is 2.60 bits per heavy atom. The highest BCUT2D eigenvalue weighted by atomic mass is 31.2. The van der Waals surface area contributed by atoms with Gasteiger partial charge in [-0.1, -0.05) is 19.4 Å². The first kappa shape index (κ1) is 22.3. The van der Waals surface area contributed by atoms with E-state index in [2.05, 4.69) is 11.4 Å². The molecule has 3 saturated carbocycles. The average molecular weight is 442 g/mol. The molecule has 4 rings (SSSR count). The lowest BCUT2D eigenvalue weighted by atomic mass is 9.45. The maximum absolute atomic E-state index is 12.8. The fourth-order valence-corrected chi connectivity index (χ4v) is 7.70. The van der Waals surface area contributed by atoms with Gasteiger partial charge >= 0.3 is 7.82 Å². The lowest BCUT2D eigenvalue weighted by Crippen LogP contribution is -2.62. The summed E-state index contributed by atoms with van der Waals surface area (Å²) < 4.78 is 15.4. The molecule has 9 heteroatoms. The molecule has 4 N–H and O–H groups in total. The molecule has 30 heavy (non-hydrogen) atoms. The minimum Gasteiger partial charge on any atom is -0.393 e. The summed E-state index contributed by atoms with van der Waals surface area (Å²) in [5.41, 5.74) is -1.84. The maximum Gasteiger partial charge on any atom is 0.470 e. The van der Waals surface area contributed by atoms with E-state index < -0.39 is 37.3 Å². The van der Waals surface area contributed by atoms with Crippen LogP contribution in [0.15, 0.2) is 11.6 Å². The number of hydrogen-bond acceptors (Lipinski definition) is 6. The van der Waals surface area contributed by atoms with Crippen LogP contribution in [0.25, 0.3) is 0 Å². The molecule has 1 unspecified atom stereocenters. The number of rotatable bonds is 4. The Kier molecular flexibility index (Phi) is 5.25. The average Bonchev–Trinajstić information content (AvgIpc) is 2.91. The summed E-state index contributed by atoms with van der Waals surface area (Å²) in [5, 5.41) is 22.7. The summed E-state index contributed by atoms with van der Waals surface area (Å²) in [6.45, 7) is 3.09. The summed E-state index contributed by atoms with van der Waals surface area (Å²) in [5.74, 6) is -0.522. The number of allylic oxidation sites excluding steroid dienone is 1. The first-order valence-electron chi connectivity index (χ1n) is 10.7. The van der Waals surface area contributed by atoms with Crippen LogP contribution in [-0.4, -0.2) is 49.9 Å². The van der Waals surface area contributed by atoms with Crippen molar-refractivity contribution in [2.75, 3.05) is 6.61 Å². The number of aliphatic hydroxyl groups is 2. The minimum absolute atomic E-state index is 0.00547. The highest BCUT2D eigenvalue weighted by molar-refractivity contribution is 7.46. The Labute approximate surface area is 175 Å². The van der Waals surface area contributed by atoms with Crippen molar-refractivity contribution in [1.29, 1.82) is 0 Å². The third kappa shape index (κ3) is 3.19. The molecule has 0 saturated heterocycles. The molecular formula is C21H31O8P. The van der Waals surface area contributed by atoms with Crippen molar-refractivity contribution >= 4 is 19.4 Å². The lowest BCUT2D eigenvalue weighted by molar-refractivity contribution is -0.182. The SMILES string of the molecule is C[C@]12CCC(=O)C=C1CCC1[C@@H]2[C@@H](O)C[C@@]2(C)[C@H]1CC[C@]2(O)C(=O)COP(=O)(O)O. The van der Waals surface area contributed by atoms with Crippen molar-refractivity contribution in [3.63, 3.8) is 0 Å². The molecule has 7 atom stereocenters. The Bertz CT molecular complexity index is 848. The molecule has 0 aromatic heterocycles. The van der Waals surface area contributed by atoms with Crippen molar-refractivity contribution in [3.05, 3.63) is 11.6 Å². The van der Waals surface area contributed by atoms with Gasteiger partial charge in [-0.15, -0.1) is 0 Å². The van der Waals surface area contributed by atoms with Gasteiger partial charge in [-0.05, 0) is 67.8 Å². The van der Waals surface area contributed by atoms with E-state index in [1.165, 1.54) is 0 Å². The van der Waals surface area contributed by atoms with Crippen LogP contribution in [0, 0.1) is 28.6 Å². The second kappa shape index (κ2) is 7.06. The van der Waals surface area contributed by atoms with Crippen LogP contribution in [0.3, 0.4) is 0 Å². The molecule has 0 radical (unpaired) electrons. The van der Waals surface area contributed by atoms with E-state index in [9.17, 15) is 24.4 Å². The third-order valence-corrected chi connectivity index (χ3v) is 9.34. The first-order valence-corrected chi connectivity index (χ1v) is 12.2. The Hall–Kier alpha value is -0.890. The standard InChI is InChI=1S/C21H31O8P/c1-19-7-5-13(22)9-12(19)3-4-14-15-6-8-21(25,17(24)11-29-30(26,27)28)20(15,2)10-16(23)18(14)19/h9,14-16,18,23,25H,3-8,10-11H2,1-2H3,(H2,26,27,28)/t14?,15-,16-,18+,19-,20-,21-/m0/s1. The Balaban J connectivity index is 1.64. The zero-order valence-electron chi connectivity index (χ0n) is 17.4. The molecule has 0 aromatic rings. The first-order chi connectivity index (χ1) is 13.8. The van der Waals surface area contributed by atoms with Gasteiger partial charge in [0.1, 0.15) is 12.2 Å². The molecule has 4 aliphatic rings. The number of hydrogen-bond donors (Lipinski definition) is 4. The van der Waals surface area contributed by atoms with Crippen LogP contribution in [0.5, 0.6) is 0 Å². The molecule has 0 amide bonds. The van der Waals surface area contributed by atoms with E-state index in [4.69, 9.17) is 9.79 Å². The summed E-state index contributed by atoms with van der Waals surface area (Å²) in [6, 6.07) is 0. The smallest absolute Gasteiger partial charge is 0.393 e. The van der Waals surface area contributed by atoms with Crippen molar-refractivity contribution < 1.29 is 38.7 Å². The Morgan fingerprint density at radius 1 is 1.23 bits per heavy atom. The van der Waals surface area contributed by atoms with Gasteiger partial charge in [0.05, 0.1) is 6.10 Å². The van der Waals surface area contributed by atoms with E-state index >= 15 is 0 Å². The van der Waals surface area contributed by atoms with Gasteiger partial charge < -0.3 is 20.0 Å². The molecular weight excluding hydrogens is 411 g/mol. The van der Waals surface area contributed by atoms with Gasteiger partial charge in [0.2, 0.25) is 0 Å². The fraction of sp³-hybridized carbons (Fsp3) is 0.810. The van der Waals surface area contributed by atoms with E-state index in [-0.39, 0.29) is 41.8 Å². The van der Waals surface area contributed by atoms with Gasteiger partial charge in [-0.2, -0.15) is 0 Å². The molecule has 4 aliphatic carbocycles. The largest absolute Gasteiger partial charge is 0.470 e. The van der Waals surface area contributed by atoms with Crippen molar-refractivity contribution in [2.24, 2.45) is 28.6 Å². The van der Waals surface area contributed by atoms with Crippen LogP contribution < -0.4 is 0 Å². The molecule has 3 fully saturated rings. The van der Waals surface area contributed by atoms with Gasteiger partial charge in [0, 0.05) is 11.8 Å². The van der Waals surface area contributed by atoms with Crippen LogP contribution in [0.4, 0.5) is 0 Å². The number of Topliss-reactive ketones (excluding diaryl/α,β-unsaturated/α-hetero) is 1. The topological polar surface area (TPSA) is 141 Å². The molecule has 0 heterocycles. The van der Waals surface area contributed by atoms with E-state index in [1.54, 1.807) is 6.08 Å². The van der Waals surface area contributed by atoms with Crippen molar-refractivity contribution in [2.45, 2.75) is 70.5 Å². The van der Waals surface area contributed by atoms with Gasteiger partial charge in [-0.25, -0.2) is 4.57 Å². The van der Waals surface area contributed by atoms with Crippen LogP contribution in [0.1, 0.15) is 58.8 Å². The van der Waals surface area contributed by atoms with E-state index in [0.717, 1.165) is 18.4 Å². The number of aliphatic hydroxyl groups excluding tert-OH is 1. The quantitative estimate of drug-likeness (QED) is 0.484. The highest BCUT2D eigenvalue weighted by Crippen LogP contribution is 2.67. The monoisotopic (exact) mass is 442 g/mol. The molecule has 0 spiro atoms. The predicted molar refractivity (Wildman–Crippen MR) is 106 cm³/mol. The number of ketones is 2. The zero-order valence-corrected chi connectivity index (χ0v) is 18.3. The van der Waals surface area contributed by atoms with Gasteiger partial charge in [0.25, 0.3) is 0 Å². The summed E-state index contributed by atoms with van der Waals surface area (Å²) in [4.78, 5) is 42.6. The summed E-state index contributed by atoms with van der Waals surface area (Å²) in [7, 11) is -4.83. The zero-order chi connectivity index (χ0) is 22.1. The maximum atomic E-state index is 12.8. The van der Waals surface area contributed by atoms with Gasteiger partial charge in [0.15, 0.2) is 11.6 Å². The molecule has 0 bridgehead atoms. The van der Waals surface area contributed by atoms with Crippen molar-refractivity contribution in [1.82, 2.24) is 0 Å². The molecule has 168 valence electrons. The highest BCUT2D eigenvalue weighted by Gasteiger charge is 2.68. The molecule has 0 aliphatic heterocycles. The number of carbonyl (C=O) groups is 2. The third-order valence-electron chi connectivity index (χ3n) is 8.87. The lowest BCUT2D eigenvalue weighted by Gasteiger charge is -2.60. The second-order valence-electron chi connectivity index (χ2n) is 10.2. The molecule has 8 nitrogen and oxygen atoms in total. The summed E-state index contributed by atoms with van der Waals surface area (Å²) >= 11 is 0. The van der Waals surface area contributed by atoms with Crippen LogP contribution >= 0.6 is 7.82 Å². The fourth-order valence-electron chi connectivity index (χ4n) is 7.41. The van der Waals surface area contributed by atoms with E-state index in [0.29, 0.717) is 19.3 Å². The Morgan fingerprint density at radius 2 is 1.93 bits per heavy atom. The minimum atomic E-state index is -4.83. The number of phosphoric acid groups is 1. The van der Waals surface area contributed by atoms with Gasteiger partial charge in [-0.3, -0.25) is 14.1 Å². The summed E-state index contributed by atoms with van der Waals surface area (Å²) in [6.07, 6.45) is 4.79. The van der Waals surface area contributed by atoms with E-state index in [1.807, 2.05) is 6.92 Å². The number of fused-ring (bicyclic) bond motifs is 5. The number of phosphoric ester groups is 1. The van der Waals surface area contributed by atoms with Crippen LogP contribution in [0.2, 0.25) is 0 Å². The number of carbonyl (C=O) groups excluding carboxylic acids is 2. The molecule has 0 aromatic carbocycles. The predicted octanol–water partition coefficient (Wildman–Crippen LogP) is 1.90. The second-order valence-corrected chi connectivity index (χ2v) is 11.4. The van der Waals surface area contributed by atoms with Crippen molar-refractivity contribution in [3.8, 4) is 0 Å². The van der Waals surface area contributed by atoms with Crippen LogP contribution in [-0.2, 0) is 18.7 Å².